The first-order chi connectivity index (χ1) is 5.13. The summed E-state index contributed by atoms with van der Waals surface area (Å²) in [4.78, 5) is 0. The van der Waals surface area contributed by atoms with Crippen LogP contribution in [-0.2, 0) is 0 Å². The van der Waals surface area contributed by atoms with Crippen LogP contribution >= 0.6 is 7.92 Å². The van der Waals surface area contributed by atoms with E-state index in [0.717, 1.165) is 6.42 Å². The summed E-state index contributed by atoms with van der Waals surface area (Å²) in [5.74, 6) is 0. The van der Waals surface area contributed by atoms with Crippen LogP contribution in [-0.4, -0.2) is 6.66 Å². The van der Waals surface area contributed by atoms with Gasteiger partial charge in [0.2, 0.25) is 0 Å². The number of hydrogen-bond donors (Lipinski definition) is 0. The predicted octanol–water partition coefficient (Wildman–Crippen LogP) is 4.34. The Kier molecular flexibility index (Phi) is 5.50. The van der Waals surface area contributed by atoms with Crippen molar-refractivity contribution in [3.05, 3.63) is 23.8 Å². The van der Waals surface area contributed by atoms with Crippen LogP contribution in [0.4, 0.5) is 0 Å². The highest BCUT2D eigenvalue weighted by Gasteiger charge is 2.06. The molecular formula is C10H19P. The second-order valence-corrected chi connectivity index (χ2v) is 5.18. The van der Waals surface area contributed by atoms with Crippen LogP contribution in [0.2, 0.25) is 0 Å². The van der Waals surface area contributed by atoms with Crippen molar-refractivity contribution in [3.63, 3.8) is 0 Å². The summed E-state index contributed by atoms with van der Waals surface area (Å²) in [7, 11) is -0.0979. The van der Waals surface area contributed by atoms with E-state index in [2.05, 4.69) is 33.7 Å². The van der Waals surface area contributed by atoms with Crippen molar-refractivity contribution in [1.82, 2.24) is 0 Å². The van der Waals surface area contributed by atoms with E-state index >= 15 is 0 Å². The zero-order valence-corrected chi connectivity index (χ0v) is 8.88. The molecule has 1 unspecified atom stereocenters. The van der Waals surface area contributed by atoms with E-state index in [1.165, 1.54) is 23.5 Å². The highest BCUT2D eigenvalue weighted by atomic mass is 31.1. The van der Waals surface area contributed by atoms with Gasteiger partial charge >= 0.3 is 0 Å². The molecule has 0 aromatic rings. The molecular weight excluding hydrogens is 151 g/mol. The Morgan fingerprint density at radius 1 is 1.18 bits per heavy atom. The fraction of sp³-hybridized carbons (Fsp3) is 0.600. The van der Waals surface area contributed by atoms with Gasteiger partial charge in [-0.2, -0.15) is 0 Å². The average Bonchev–Trinajstić information content (AvgIpc) is 2.02. The SMILES string of the molecule is C=C(CC)P(C)C(=C)CCC. The van der Waals surface area contributed by atoms with E-state index in [1.54, 1.807) is 0 Å². The summed E-state index contributed by atoms with van der Waals surface area (Å²) in [6.45, 7) is 14.8. The smallest absolute Gasteiger partial charge is 0.0280 e. The Balaban J connectivity index is 3.91. The van der Waals surface area contributed by atoms with Gasteiger partial charge in [0.05, 0.1) is 0 Å². The Bertz CT molecular complexity index is 147. The highest BCUT2D eigenvalue weighted by molar-refractivity contribution is 7.65. The molecule has 0 aromatic carbocycles. The van der Waals surface area contributed by atoms with Crippen LogP contribution in [0.3, 0.4) is 0 Å². The van der Waals surface area contributed by atoms with Gasteiger partial charge < -0.3 is 0 Å². The third kappa shape index (κ3) is 3.72. The molecule has 0 nitrogen and oxygen atoms in total. The van der Waals surface area contributed by atoms with Crippen LogP contribution in [0.5, 0.6) is 0 Å². The molecule has 1 heteroatoms. The molecule has 11 heavy (non-hydrogen) atoms. The Morgan fingerprint density at radius 2 is 1.73 bits per heavy atom. The van der Waals surface area contributed by atoms with Crippen molar-refractivity contribution < 1.29 is 0 Å². The zero-order valence-electron chi connectivity index (χ0n) is 7.98. The molecule has 0 aliphatic carbocycles. The number of hydrogen-bond acceptors (Lipinski definition) is 0. The van der Waals surface area contributed by atoms with E-state index in [1.807, 2.05) is 0 Å². The lowest BCUT2D eigenvalue weighted by atomic mass is 10.3. The van der Waals surface area contributed by atoms with Crippen LogP contribution in [0, 0.1) is 0 Å². The van der Waals surface area contributed by atoms with Crippen molar-refractivity contribution >= 4 is 7.92 Å². The summed E-state index contributed by atoms with van der Waals surface area (Å²) in [5.41, 5.74) is 0. The fourth-order valence-electron chi connectivity index (χ4n) is 0.917. The molecule has 0 saturated heterocycles. The molecule has 0 rings (SSSR count). The first-order valence-corrected chi connectivity index (χ1v) is 6.01. The molecule has 0 amide bonds. The molecule has 0 radical (unpaired) electrons. The quantitative estimate of drug-likeness (QED) is 0.538. The van der Waals surface area contributed by atoms with Gasteiger partial charge in [-0.15, -0.1) is 0 Å². The summed E-state index contributed by atoms with van der Waals surface area (Å²) >= 11 is 0. The van der Waals surface area contributed by atoms with Gasteiger partial charge in [-0.3, -0.25) is 0 Å². The van der Waals surface area contributed by atoms with Crippen LogP contribution in [0.15, 0.2) is 23.8 Å². The molecule has 0 N–H and O–H groups in total. The second-order valence-electron chi connectivity index (χ2n) is 2.80. The maximum absolute atomic E-state index is 4.08. The summed E-state index contributed by atoms with van der Waals surface area (Å²) < 4.78 is 0. The van der Waals surface area contributed by atoms with Gasteiger partial charge in [-0.05, 0) is 30.1 Å². The molecule has 0 spiro atoms. The molecule has 0 fully saturated rings. The second kappa shape index (κ2) is 5.55. The minimum atomic E-state index is -0.0979. The van der Waals surface area contributed by atoms with E-state index in [4.69, 9.17) is 0 Å². The van der Waals surface area contributed by atoms with Gasteiger partial charge in [0, 0.05) is 0 Å². The lowest BCUT2D eigenvalue weighted by Gasteiger charge is -2.15. The zero-order chi connectivity index (χ0) is 8.85. The van der Waals surface area contributed by atoms with Crippen LogP contribution < -0.4 is 0 Å². The largest absolute Gasteiger partial charge is 0.0951 e. The van der Waals surface area contributed by atoms with Gasteiger partial charge in [0.1, 0.15) is 0 Å². The Hall–Kier alpha value is -0.0900. The van der Waals surface area contributed by atoms with Gasteiger partial charge in [0.25, 0.3) is 0 Å². The first kappa shape index (κ1) is 10.9. The van der Waals surface area contributed by atoms with Crippen molar-refractivity contribution in [1.29, 1.82) is 0 Å². The molecule has 0 saturated carbocycles. The van der Waals surface area contributed by atoms with Crippen LogP contribution in [0.25, 0.3) is 0 Å². The average molecular weight is 170 g/mol. The normalized spacial score (nSPS) is 12.6. The van der Waals surface area contributed by atoms with E-state index < -0.39 is 0 Å². The lowest BCUT2D eigenvalue weighted by Crippen LogP contribution is -1.81. The maximum Gasteiger partial charge on any atom is -0.0280 e. The summed E-state index contributed by atoms with van der Waals surface area (Å²) in [6.07, 6.45) is 3.48. The van der Waals surface area contributed by atoms with E-state index in [0.29, 0.717) is 0 Å². The Labute approximate surface area is 72.1 Å². The minimum absolute atomic E-state index is 0.0979. The highest BCUT2D eigenvalue weighted by Crippen LogP contribution is 2.50. The standard InChI is InChI=1S/C10H19P/c1-6-8-10(4)11(5)9(3)7-2/h3-4,6-8H2,1-2,5H3. The Morgan fingerprint density at radius 3 is 2.09 bits per heavy atom. The topological polar surface area (TPSA) is 0 Å². The minimum Gasteiger partial charge on any atom is -0.0951 e. The van der Waals surface area contributed by atoms with Crippen molar-refractivity contribution in [2.24, 2.45) is 0 Å². The third-order valence-electron chi connectivity index (χ3n) is 1.90. The predicted molar refractivity (Wildman–Crippen MR) is 56.3 cm³/mol. The molecule has 0 aliphatic rings. The third-order valence-corrected chi connectivity index (χ3v) is 4.33. The summed E-state index contributed by atoms with van der Waals surface area (Å²) in [5, 5.41) is 2.77. The molecule has 0 heterocycles. The summed E-state index contributed by atoms with van der Waals surface area (Å²) in [6, 6.07) is 0. The van der Waals surface area contributed by atoms with E-state index in [9.17, 15) is 0 Å². The van der Waals surface area contributed by atoms with Gasteiger partial charge in [-0.1, -0.05) is 41.3 Å². The van der Waals surface area contributed by atoms with E-state index in [-0.39, 0.29) is 7.92 Å². The number of rotatable bonds is 5. The fourth-order valence-corrected chi connectivity index (χ4v) is 2.40. The first-order valence-electron chi connectivity index (χ1n) is 4.22. The van der Waals surface area contributed by atoms with Gasteiger partial charge in [-0.25, -0.2) is 0 Å². The van der Waals surface area contributed by atoms with Crippen molar-refractivity contribution in [2.75, 3.05) is 6.66 Å². The van der Waals surface area contributed by atoms with Crippen LogP contribution in [0.1, 0.15) is 33.1 Å². The van der Waals surface area contributed by atoms with Crippen molar-refractivity contribution in [3.8, 4) is 0 Å². The monoisotopic (exact) mass is 170 g/mol. The molecule has 0 aliphatic heterocycles. The molecule has 0 bridgehead atoms. The molecule has 64 valence electrons. The molecule has 1 atom stereocenters. The maximum atomic E-state index is 4.08. The van der Waals surface area contributed by atoms with Gasteiger partial charge in [0.15, 0.2) is 0 Å². The van der Waals surface area contributed by atoms with Crippen molar-refractivity contribution in [2.45, 2.75) is 33.1 Å². The lowest BCUT2D eigenvalue weighted by molar-refractivity contribution is 0.947. The number of allylic oxidation sites excluding steroid dienone is 2. The molecule has 0 aromatic heterocycles.